The monoisotopic (exact) mass is 191 g/mol. The maximum absolute atomic E-state index is 4.02. The van der Waals surface area contributed by atoms with Crippen molar-refractivity contribution in [2.24, 2.45) is 0 Å². The van der Waals surface area contributed by atoms with Gasteiger partial charge in [0.15, 0.2) is 0 Å². The summed E-state index contributed by atoms with van der Waals surface area (Å²) in [6.45, 7) is 6.78. The molecule has 0 aliphatic carbocycles. The molecular formula is C11H17N3. The van der Waals surface area contributed by atoms with Crippen LogP contribution in [0.5, 0.6) is 0 Å². The summed E-state index contributed by atoms with van der Waals surface area (Å²) in [5.74, 6) is 0. The van der Waals surface area contributed by atoms with Crippen LogP contribution in [0.1, 0.15) is 31.4 Å². The van der Waals surface area contributed by atoms with Crippen molar-refractivity contribution in [2.75, 3.05) is 6.54 Å². The predicted octanol–water partition coefficient (Wildman–Crippen LogP) is 2.09. The van der Waals surface area contributed by atoms with Gasteiger partial charge >= 0.3 is 0 Å². The van der Waals surface area contributed by atoms with Crippen molar-refractivity contribution in [3.63, 3.8) is 0 Å². The molecule has 1 aromatic rings. The third-order valence-electron chi connectivity index (χ3n) is 2.09. The molecule has 0 bridgehead atoms. The average molecular weight is 191 g/mol. The van der Waals surface area contributed by atoms with Gasteiger partial charge < -0.3 is 5.32 Å². The fourth-order valence-electron chi connectivity index (χ4n) is 1.41. The molecule has 0 aliphatic heterocycles. The van der Waals surface area contributed by atoms with Gasteiger partial charge in [0.05, 0.1) is 0 Å². The summed E-state index contributed by atoms with van der Waals surface area (Å²) in [6, 6.07) is 0.346. The Morgan fingerprint density at radius 1 is 1.50 bits per heavy atom. The molecule has 1 atom stereocenters. The van der Waals surface area contributed by atoms with Crippen LogP contribution < -0.4 is 5.32 Å². The van der Waals surface area contributed by atoms with Crippen LogP contribution in [0.15, 0.2) is 31.4 Å². The first-order valence-corrected chi connectivity index (χ1v) is 4.97. The molecule has 0 fully saturated rings. The Hall–Kier alpha value is -1.22. The summed E-state index contributed by atoms with van der Waals surface area (Å²) >= 11 is 0. The van der Waals surface area contributed by atoms with Crippen LogP contribution in [-0.2, 0) is 0 Å². The van der Waals surface area contributed by atoms with Crippen LogP contribution in [0, 0.1) is 0 Å². The minimum atomic E-state index is 0.346. The molecule has 0 aromatic carbocycles. The molecule has 0 saturated heterocycles. The van der Waals surface area contributed by atoms with Crippen molar-refractivity contribution in [2.45, 2.75) is 25.8 Å². The van der Waals surface area contributed by atoms with Gasteiger partial charge in [0, 0.05) is 24.0 Å². The lowest BCUT2D eigenvalue weighted by atomic mass is 10.1. The highest BCUT2D eigenvalue weighted by Crippen LogP contribution is 2.16. The molecule has 1 heterocycles. The van der Waals surface area contributed by atoms with Gasteiger partial charge in [-0.3, -0.25) is 0 Å². The Morgan fingerprint density at radius 2 is 2.21 bits per heavy atom. The maximum Gasteiger partial charge on any atom is 0.115 e. The van der Waals surface area contributed by atoms with Crippen molar-refractivity contribution in [3.05, 3.63) is 36.9 Å². The summed E-state index contributed by atoms with van der Waals surface area (Å²) in [7, 11) is 0. The zero-order valence-corrected chi connectivity index (χ0v) is 8.61. The SMILES string of the molecule is C=CCCC(NCC)c1cncnc1. The minimum Gasteiger partial charge on any atom is -0.310 e. The van der Waals surface area contributed by atoms with E-state index in [9.17, 15) is 0 Å². The number of nitrogens with zero attached hydrogens (tertiary/aromatic N) is 2. The van der Waals surface area contributed by atoms with Crippen molar-refractivity contribution in [3.8, 4) is 0 Å². The first kappa shape index (κ1) is 10.9. The lowest BCUT2D eigenvalue weighted by molar-refractivity contribution is 0.516. The van der Waals surface area contributed by atoms with Gasteiger partial charge in [0.1, 0.15) is 6.33 Å². The number of hydrogen-bond acceptors (Lipinski definition) is 3. The van der Waals surface area contributed by atoms with Crippen molar-refractivity contribution >= 4 is 0 Å². The van der Waals surface area contributed by atoms with E-state index >= 15 is 0 Å². The number of hydrogen-bond donors (Lipinski definition) is 1. The zero-order valence-electron chi connectivity index (χ0n) is 8.61. The smallest absolute Gasteiger partial charge is 0.115 e. The van der Waals surface area contributed by atoms with E-state index in [1.165, 1.54) is 0 Å². The summed E-state index contributed by atoms with van der Waals surface area (Å²) in [5, 5.41) is 3.41. The molecule has 0 saturated carbocycles. The van der Waals surface area contributed by atoms with Crippen LogP contribution in [0.25, 0.3) is 0 Å². The first-order chi connectivity index (χ1) is 6.88. The summed E-state index contributed by atoms with van der Waals surface area (Å²) < 4.78 is 0. The zero-order chi connectivity index (χ0) is 10.2. The standard InChI is InChI=1S/C11H17N3/c1-3-5-6-11(14-4-2)10-7-12-9-13-8-10/h3,7-9,11,14H,1,4-6H2,2H3. The number of nitrogens with one attached hydrogen (secondary N) is 1. The molecule has 0 aliphatic rings. The number of rotatable bonds is 6. The molecule has 76 valence electrons. The van der Waals surface area contributed by atoms with E-state index in [0.29, 0.717) is 6.04 Å². The number of aromatic nitrogens is 2. The van der Waals surface area contributed by atoms with Gasteiger partial charge in [-0.25, -0.2) is 9.97 Å². The fraction of sp³-hybridized carbons (Fsp3) is 0.455. The molecule has 1 N–H and O–H groups in total. The average Bonchev–Trinajstić information content (AvgIpc) is 2.25. The van der Waals surface area contributed by atoms with Crippen molar-refractivity contribution in [1.29, 1.82) is 0 Å². The van der Waals surface area contributed by atoms with E-state index in [1.54, 1.807) is 6.33 Å². The van der Waals surface area contributed by atoms with Gasteiger partial charge in [-0.15, -0.1) is 6.58 Å². The quantitative estimate of drug-likeness (QED) is 0.700. The van der Waals surface area contributed by atoms with Gasteiger partial charge in [-0.2, -0.15) is 0 Å². The molecule has 14 heavy (non-hydrogen) atoms. The van der Waals surface area contributed by atoms with Crippen LogP contribution in [-0.4, -0.2) is 16.5 Å². The molecule has 1 rings (SSSR count). The predicted molar refractivity (Wildman–Crippen MR) is 57.9 cm³/mol. The molecular weight excluding hydrogens is 174 g/mol. The highest BCUT2D eigenvalue weighted by molar-refractivity contribution is 5.09. The van der Waals surface area contributed by atoms with Crippen molar-refractivity contribution < 1.29 is 0 Å². The van der Waals surface area contributed by atoms with E-state index in [1.807, 2.05) is 18.5 Å². The molecule has 0 radical (unpaired) electrons. The van der Waals surface area contributed by atoms with Crippen LogP contribution in [0.4, 0.5) is 0 Å². The van der Waals surface area contributed by atoms with Gasteiger partial charge in [0.2, 0.25) is 0 Å². The van der Waals surface area contributed by atoms with Crippen LogP contribution >= 0.6 is 0 Å². The Balaban J connectivity index is 2.62. The van der Waals surface area contributed by atoms with E-state index in [2.05, 4.69) is 28.8 Å². The number of allylic oxidation sites excluding steroid dienone is 1. The topological polar surface area (TPSA) is 37.8 Å². The second kappa shape index (κ2) is 6.27. The maximum atomic E-state index is 4.02. The second-order valence-corrected chi connectivity index (χ2v) is 3.15. The van der Waals surface area contributed by atoms with Crippen LogP contribution in [0.2, 0.25) is 0 Å². The molecule has 0 spiro atoms. The first-order valence-electron chi connectivity index (χ1n) is 4.97. The Labute approximate surface area is 85.3 Å². The van der Waals surface area contributed by atoms with Gasteiger partial charge in [0.25, 0.3) is 0 Å². The molecule has 0 amide bonds. The summed E-state index contributed by atoms with van der Waals surface area (Å²) in [5.41, 5.74) is 1.15. The summed E-state index contributed by atoms with van der Waals surface area (Å²) in [4.78, 5) is 8.04. The van der Waals surface area contributed by atoms with Gasteiger partial charge in [-0.1, -0.05) is 13.0 Å². The lowest BCUT2D eigenvalue weighted by Crippen LogP contribution is -2.20. The fourth-order valence-corrected chi connectivity index (χ4v) is 1.41. The highest BCUT2D eigenvalue weighted by atomic mass is 14.9. The molecule has 3 nitrogen and oxygen atoms in total. The van der Waals surface area contributed by atoms with E-state index in [-0.39, 0.29) is 0 Å². The third-order valence-corrected chi connectivity index (χ3v) is 2.09. The summed E-state index contributed by atoms with van der Waals surface area (Å²) in [6.07, 6.45) is 9.28. The Kier molecular flexibility index (Phi) is 4.86. The Morgan fingerprint density at radius 3 is 2.79 bits per heavy atom. The Bertz CT molecular complexity index is 258. The van der Waals surface area contributed by atoms with Crippen LogP contribution in [0.3, 0.4) is 0 Å². The highest BCUT2D eigenvalue weighted by Gasteiger charge is 2.08. The van der Waals surface area contributed by atoms with E-state index in [0.717, 1.165) is 24.9 Å². The third kappa shape index (κ3) is 3.26. The minimum absolute atomic E-state index is 0.346. The molecule has 1 unspecified atom stereocenters. The molecule has 3 heteroatoms. The van der Waals surface area contributed by atoms with Gasteiger partial charge in [-0.05, 0) is 19.4 Å². The molecule has 1 aromatic heterocycles. The van der Waals surface area contributed by atoms with Crippen molar-refractivity contribution in [1.82, 2.24) is 15.3 Å². The largest absolute Gasteiger partial charge is 0.310 e. The van der Waals surface area contributed by atoms with E-state index < -0.39 is 0 Å². The second-order valence-electron chi connectivity index (χ2n) is 3.15. The van der Waals surface area contributed by atoms with E-state index in [4.69, 9.17) is 0 Å². The normalized spacial score (nSPS) is 12.4. The lowest BCUT2D eigenvalue weighted by Gasteiger charge is -2.16.